The van der Waals surface area contributed by atoms with E-state index in [4.69, 9.17) is 21.1 Å². The molecule has 5 rings (SSSR count). The van der Waals surface area contributed by atoms with E-state index < -0.39 is 12.1 Å². The van der Waals surface area contributed by atoms with Crippen LogP contribution in [-0.2, 0) is 22.6 Å². The maximum atomic E-state index is 13.1. The lowest BCUT2D eigenvalue weighted by Crippen LogP contribution is -2.39. The lowest BCUT2D eigenvalue weighted by molar-refractivity contribution is -0.144. The van der Waals surface area contributed by atoms with Crippen LogP contribution in [0.25, 0.3) is 0 Å². The third-order valence-electron chi connectivity index (χ3n) is 8.26. The molecule has 2 aliphatic heterocycles. The molecule has 2 heterocycles. The van der Waals surface area contributed by atoms with E-state index in [9.17, 15) is 9.90 Å². The molecular weight excluding hydrogens is 512 g/mol. The van der Waals surface area contributed by atoms with Gasteiger partial charge in [-0.05, 0) is 92.3 Å². The van der Waals surface area contributed by atoms with E-state index in [0.717, 1.165) is 92.0 Å². The Balaban J connectivity index is 1.51. The van der Waals surface area contributed by atoms with Crippen molar-refractivity contribution < 1.29 is 19.4 Å². The molecule has 0 amide bonds. The smallest absolute Gasteiger partial charge is 0.313 e. The number of ether oxygens (including phenoxy) is 2. The highest BCUT2D eigenvalue weighted by atomic mass is 35.5. The van der Waals surface area contributed by atoms with Gasteiger partial charge in [0.25, 0.3) is 0 Å². The fourth-order valence-electron chi connectivity index (χ4n) is 5.87. The summed E-state index contributed by atoms with van der Waals surface area (Å²) in [6.07, 6.45) is 12.5. The lowest BCUT2D eigenvalue weighted by atomic mass is 9.93. The summed E-state index contributed by atoms with van der Waals surface area (Å²) in [5.74, 6) is -0.0670. The highest BCUT2D eigenvalue weighted by Gasteiger charge is 2.35. The van der Waals surface area contributed by atoms with Gasteiger partial charge in [-0.2, -0.15) is 0 Å². The van der Waals surface area contributed by atoms with Gasteiger partial charge < -0.3 is 19.5 Å². The maximum absolute atomic E-state index is 13.1. The summed E-state index contributed by atoms with van der Waals surface area (Å²) in [5.41, 5.74) is 4.27. The molecule has 0 radical (unpaired) electrons. The van der Waals surface area contributed by atoms with Gasteiger partial charge in [0, 0.05) is 37.1 Å². The van der Waals surface area contributed by atoms with Gasteiger partial charge in [0.15, 0.2) is 0 Å². The molecule has 2 aromatic carbocycles. The number of anilines is 1. The van der Waals surface area contributed by atoms with Crippen molar-refractivity contribution in [3.63, 3.8) is 0 Å². The van der Waals surface area contributed by atoms with Gasteiger partial charge in [-0.3, -0.25) is 9.69 Å². The van der Waals surface area contributed by atoms with Crippen molar-refractivity contribution in [3.05, 3.63) is 70.3 Å². The number of nitrogens with zero attached hydrogens (tertiary/aromatic N) is 2. The van der Waals surface area contributed by atoms with Gasteiger partial charge in [0.1, 0.15) is 18.6 Å². The number of esters is 1. The van der Waals surface area contributed by atoms with Crippen LogP contribution in [0.1, 0.15) is 74.0 Å². The van der Waals surface area contributed by atoms with Crippen molar-refractivity contribution in [1.82, 2.24) is 4.90 Å². The summed E-state index contributed by atoms with van der Waals surface area (Å²) >= 11 is 6.32. The molecule has 2 atom stereocenters. The molecule has 210 valence electrons. The average molecular weight is 553 g/mol. The minimum Gasteiger partial charge on any atom is -0.487 e. The predicted molar refractivity (Wildman–Crippen MR) is 155 cm³/mol. The van der Waals surface area contributed by atoms with Gasteiger partial charge in [0.2, 0.25) is 0 Å². The first-order valence-electron chi connectivity index (χ1n) is 14.5. The molecule has 7 heteroatoms. The molecule has 1 aliphatic carbocycles. The topological polar surface area (TPSA) is 62.2 Å². The third kappa shape index (κ3) is 7.16. The molecular formula is C32H41ClN2O4. The second kappa shape index (κ2) is 13.2. The summed E-state index contributed by atoms with van der Waals surface area (Å²) in [5, 5.41) is 12.0. The first-order chi connectivity index (χ1) is 19.0. The van der Waals surface area contributed by atoms with Gasteiger partial charge in [-0.15, -0.1) is 0 Å². The van der Waals surface area contributed by atoms with Crippen molar-refractivity contribution in [2.45, 2.75) is 82.6 Å². The number of hydrogen-bond donors (Lipinski definition) is 1. The summed E-state index contributed by atoms with van der Waals surface area (Å²) in [4.78, 5) is 17.6. The minimum absolute atomic E-state index is 0.296. The van der Waals surface area contributed by atoms with Gasteiger partial charge in [-0.25, -0.2) is 0 Å². The molecule has 1 N–H and O–H groups in total. The standard InChI is InChI=1S/C32H41ClN2O4/c1-38-32(37)28-21-31(36)35(27-13-14-27)18-7-4-2-3-6-16-34-17-8-5-9-23-19-26(33)12-10-25(23)22-39-30-15-11-24(28)20-29(30)34/h4,7,10-12,15,19-20,27-28,31,36H,2-3,5-6,8-9,13-14,16-18,21-22H2,1H3/b7-4+/t28-,31?/m0/s1. The molecule has 3 aliphatic rings. The van der Waals surface area contributed by atoms with Crippen LogP contribution in [-0.4, -0.2) is 55.0 Å². The zero-order valence-electron chi connectivity index (χ0n) is 23.0. The Bertz CT molecular complexity index is 1160. The van der Waals surface area contributed by atoms with Gasteiger partial charge in [-0.1, -0.05) is 35.9 Å². The Morgan fingerprint density at radius 2 is 1.85 bits per heavy atom. The fraction of sp³-hybridized carbons (Fsp3) is 0.531. The number of allylic oxidation sites excluding steroid dienone is 1. The first-order valence-corrected chi connectivity index (χ1v) is 14.9. The second-order valence-electron chi connectivity index (χ2n) is 11.1. The zero-order chi connectivity index (χ0) is 27.2. The quantitative estimate of drug-likeness (QED) is 0.352. The van der Waals surface area contributed by atoms with Crippen molar-refractivity contribution in [2.24, 2.45) is 0 Å². The predicted octanol–water partition coefficient (Wildman–Crippen LogP) is 6.23. The van der Waals surface area contributed by atoms with E-state index >= 15 is 0 Å². The molecule has 0 aromatic heterocycles. The Hall–Kier alpha value is -2.54. The normalized spacial score (nSPS) is 24.2. The van der Waals surface area contributed by atoms with E-state index in [1.165, 1.54) is 12.7 Å². The highest BCUT2D eigenvalue weighted by Crippen LogP contribution is 2.37. The molecule has 1 fully saturated rings. The molecule has 1 saturated carbocycles. The molecule has 0 saturated heterocycles. The lowest BCUT2D eigenvalue weighted by Gasteiger charge is -2.30. The van der Waals surface area contributed by atoms with Gasteiger partial charge >= 0.3 is 5.97 Å². The molecule has 1 unspecified atom stereocenters. The fourth-order valence-corrected chi connectivity index (χ4v) is 6.07. The van der Waals surface area contributed by atoms with Crippen molar-refractivity contribution in [1.29, 1.82) is 0 Å². The number of rotatable bonds is 2. The van der Waals surface area contributed by atoms with Crippen LogP contribution >= 0.6 is 11.6 Å². The van der Waals surface area contributed by atoms with E-state index in [0.29, 0.717) is 25.6 Å². The first kappa shape index (κ1) is 28.0. The van der Waals surface area contributed by atoms with Crippen molar-refractivity contribution >= 4 is 23.3 Å². The zero-order valence-corrected chi connectivity index (χ0v) is 23.7. The number of aliphatic hydroxyl groups is 1. The maximum Gasteiger partial charge on any atom is 0.313 e. The summed E-state index contributed by atoms with van der Waals surface area (Å²) in [6, 6.07) is 12.5. The van der Waals surface area contributed by atoms with E-state index in [2.05, 4.69) is 40.2 Å². The SMILES string of the molecule is COC(=O)[C@H]1CC(O)N(C2CC2)C/C=C/CCCCN2CCCCc3cc(Cl)ccc3COc3ccc1cc32. The average Bonchev–Trinajstić information content (AvgIpc) is 3.78. The monoisotopic (exact) mass is 552 g/mol. The van der Waals surface area contributed by atoms with Crippen LogP contribution in [0.4, 0.5) is 5.69 Å². The number of fused-ring (bicyclic) bond motifs is 2. The number of hydrogen-bond acceptors (Lipinski definition) is 6. The Kier molecular flexibility index (Phi) is 9.49. The number of aryl methyl sites for hydroxylation is 1. The molecule has 0 spiro atoms. The highest BCUT2D eigenvalue weighted by molar-refractivity contribution is 6.30. The third-order valence-corrected chi connectivity index (χ3v) is 8.50. The van der Waals surface area contributed by atoms with E-state index in [-0.39, 0.29) is 5.97 Å². The number of benzene rings is 2. The van der Waals surface area contributed by atoms with Crippen LogP contribution in [0, 0.1) is 0 Å². The Morgan fingerprint density at radius 3 is 2.64 bits per heavy atom. The van der Waals surface area contributed by atoms with Crippen LogP contribution < -0.4 is 9.64 Å². The van der Waals surface area contributed by atoms with Crippen molar-refractivity contribution in [2.75, 3.05) is 31.6 Å². The summed E-state index contributed by atoms with van der Waals surface area (Å²) in [6.45, 7) is 3.00. The number of carbonyl (C=O) groups is 1. The number of methoxy groups -OCH3 is 1. The van der Waals surface area contributed by atoms with E-state index in [1.54, 1.807) is 0 Å². The van der Waals surface area contributed by atoms with Crippen LogP contribution in [0.3, 0.4) is 0 Å². The van der Waals surface area contributed by atoms with Crippen LogP contribution in [0.15, 0.2) is 48.6 Å². The molecule has 2 bridgehead atoms. The van der Waals surface area contributed by atoms with Crippen LogP contribution in [0.2, 0.25) is 5.02 Å². The molecule has 2 aromatic rings. The van der Waals surface area contributed by atoms with Crippen molar-refractivity contribution in [3.8, 4) is 5.75 Å². The second-order valence-corrected chi connectivity index (χ2v) is 11.5. The summed E-state index contributed by atoms with van der Waals surface area (Å²) < 4.78 is 11.7. The Morgan fingerprint density at radius 1 is 1.03 bits per heavy atom. The number of aliphatic hydroxyl groups excluding tert-OH is 1. The molecule has 6 nitrogen and oxygen atoms in total. The van der Waals surface area contributed by atoms with Gasteiger partial charge in [0.05, 0.1) is 18.7 Å². The van der Waals surface area contributed by atoms with Crippen LogP contribution in [0.5, 0.6) is 5.75 Å². The molecule has 39 heavy (non-hydrogen) atoms. The van der Waals surface area contributed by atoms with E-state index in [1.807, 2.05) is 18.2 Å². The minimum atomic E-state index is -0.718. The number of carbonyl (C=O) groups excluding carboxylic acids is 1. The number of halogens is 1. The largest absolute Gasteiger partial charge is 0.487 e. The summed E-state index contributed by atoms with van der Waals surface area (Å²) in [7, 11) is 1.43. The Labute approximate surface area is 237 Å².